The van der Waals surface area contributed by atoms with Crippen molar-refractivity contribution < 1.29 is 22.6 Å². The lowest BCUT2D eigenvalue weighted by molar-refractivity contribution is -0.274. The third kappa shape index (κ3) is 4.82. The maximum absolute atomic E-state index is 12.6. The standard InChI is InChI=1S/C19H26F3N2O2/c1-2-25-18(24-11-5-6-12-24)15-9-13-23(14-10-15)16-7-3-4-8-17(16)26-19(20,21)22/h3-4,8,15,18H,2,5-6,9-14H2,1H3. The fourth-order valence-corrected chi connectivity index (χ4v) is 3.98. The molecule has 1 atom stereocenters. The first kappa shape index (κ1) is 19.3. The third-order valence-corrected chi connectivity index (χ3v) is 5.12. The zero-order chi connectivity index (χ0) is 18.6. The third-order valence-electron chi connectivity index (χ3n) is 5.12. The van der Waals surface area contributed by atoms with Gasteiger partial charge in [-0.1, -0.05) is 12.1 Å². The summed E-state index contributed by atoms with van der Waals surface area (Å²) in [6, 6.07) is 7.39. The minimum atomic E-state index is -4.70. The Labute approximate surface area is 152 Å². The molecule has 1 unspecified atom stereocenters. The van der Waals surface area contributed by atoms with Gasteiger partial charge in [-0.25, -0.2) is 0 Å². The molecule has 0 saturated carbocycles. The Morgan fingerprint density at radius 1 is 1.19 bits per heavy atom. The van der Waals surface area contributed by atoms with Gasteiger partial charge in [-0.05, 0) is 38.7 Å². The van der Waals surface area contributed by atoms with E-state index in [4.69, 9.17) is 4.74 Å². The van der Waals surface area contributed by atoms with Crippen LogP contribution in [0.4, 0.5) is 18.9 Å². The molecule has 3 rings (SSSR count). The number of para-hydroxylation sites is 1. The minimum Gasteiger partial charge on any atom is -0.404 e. The average molecular weight is 371 g/mol. The maximum atomic E-state index is 12.6. The summed E-state index contributed by atoms with van der Waals surface area (Å²) in [4.78, 5) is 4.35. The number of anilines is 1. The molecule has 2 aliphatic rings. The monoisotopic (exact) mass is 371 g/mol. The van der Waals surface area contributed by atoms with Crippen LogP contribution in [0.5, 0.6) is 5.75 Å². The zero-order valence-electron chi connectivity index (χ0n) is 15.1. The van der Waals surface area contributed by atoms with Crippen LogP contribution in [0.1, 0.15) is 32.6 Å². The number of halogens is 3. The Balaban J connectivity index is 1.65. The van der Waals surface area contributed by atoms with Crippen molar-refractivity contribution in [3.05, 3.63) is 24.3 Å². The van der Waals surface area contributed by atoms with Crippen LogP contribution in [0.25, 0.3) is 0 Å². The van der Waals surface area contributed by atoms with E-state index in [9.17, 15) is 13.2 Å². The smallest absolute Gasteiger partial charge is 0.404 e. The number of likely N-dealkylation sites (tertiary alicyclic amines) is 1. The fraction of sp³-hybridized carbons (Fsp3) is 0.684. The molecule has 4 nitrogen and oxygen atoms in total. The van der Waals surface area contributed by atoms with Gasteiger partial charge in [0.1, 0.15) is 6.23 Å². The van der Waals surface area contributed by atoms with E-state index in [1.165, 1.54) is 25.0 Å². The SMILES string of the molecule is CCOC(C1CCN(c2[c]cccc2OC(F)(F)F)CC1)N1CCCC1. The molecule has 7 heteroatoms. The first-order chi connectivity index (χ1) is 12.5. The Morgan fingerprint density at radius 3 is 2.50 bits per heavy atom. The molecule has 0 aromatic heterocycles. The lowest BCUT2D eigenvalue weighted by Crippen LogP contribution is -2.46. The second-order valence-corrected chi connectivity index (χ2v) is 6.84. The molecular weight excluding hydrogens is 345 g/mol. The molecule has 0 aliphatic carbocycles. The van der Waals surface area contributed by atoms with Gasteiger partial charge >= 0.3 is 6.36 Å². The highest BCUT2D eigenvalue weighted by Gasteiger charge is 2.35. The van der Waals surface area contributed by atoms with Gasteiger partial charge in [0.25, 0.3) is 0 Å². The van der Waals surface area contributed by atoms with E-state index in [1.807, 2.05) is 11.8 Å². The van der Waals surface area contributed by atoms with Crippen molar-refractivity contribution in [1.29, 1.82) is 0 Å². The molecule has 145 valence electrons. The highest BCUT2D eigenvalue weighted by atomic mass is 19.4. The molecule has 2 aliphatic heterocycles. The van der Waals surface area contributed by atoms with Gasteiger partial charge in [0.05, 0.1) is 5.69 Å². The summed E-state index contributed by atoms with van der Waals surface area (Å²) in [6.07, 6.45) is -0.391. The van der Waals surface area contributed by atoms with Crippen LogP contribution in [0.3, 0.4) is 0 Å². The van der Waals surface area contributed by atoms with E-state index in [-0.39, 0.29) is 12.0 Å². The van der Waals surface area contributed by atoms with Crippen molar-refractivity contribution in [3.63, 3.8) is 0 Å². The van der Waals surface area contributed by atoms with Crippen LogP contribution in [0.15, 0.2) is 18.2 Å². The number of benzene rings is 1. The van der Waals surface area contributed by atoms with Crippen molar-refractivity contribution >= 4 is 5.69 Å². The Morgan fingerprint density at radius 2 is 1.88 bits per heavy atom. The first-order valence-corrected chi connectivity index (χ1v) is 9.35. The van der Waals surface area contributed by atoms with Crippen molar-refractivity contribution in [2.24, 2.45) is 5.92 Å². The van der Waals surface area contributed by atoms with Gasteiger partial charge in [-0.3, -0.25) is 4.90 Å². The van der Waals surface area contributed by atoms with E-state index in [2.05, 4.69) is 15.7 Å². The average Bonchev–Trinajstić information content (AvgIpc) is 3.13. The summed E-state index contributed by atoms with van der Waals surface area (Å²) >= 11 is 0. The second kappa shape index (κ2) is 8.48. The lowest BCUT2D eigenvalue weighted by atomic mass is 9.93. The van der Waals surface area contributed by atoms with Crippen LogP contribution in [-0.2, 0) is 4.74 Å². The van der Waals surface area contributed by atoms with Gasteiger partial charge in [0, 0.05) is 44.8 Å². The van der Waals surface area contributed by atoms with E-state index in [1.54, 1.807) is 6.07 Å². The Hall–Kier alpha value is -1.47. The van der Waals surface area contributed by atoms with Crippen LogP contribution >= 0.6 is 0 Å². The van der Waals surface area contributed by atoms with Gasteiger partial charge in [0.15, 0.2) is 5.75 Å². The van der Waals surface area contributed by atoms with E-state index >= 15 is 0 Å². The number of hydrogen-bond donors (Lipinski definition) is 0. The predicted octanol–water partition coefficient (Wildman–Crippen LogP) is 4.06. The van der Waals surface area contributed by atoms with Crippen LogP contribution in [0, 0.1) is 12.0 Å². The van der Waals surface area contributed by atoms with Gasteiger partial charge in [-0.2, -0.15) is 0 Å². The summed E-state index contributed by atoms with van der Waals surface area (Å²) in [5, 5.41) is 0. The second-order valence-electron chi connectivity index (χ2n) is 6.84. The zero-order valence-corrected chi connectivity index (χ0v) is 15.1. The highest BCUT2D eigenvalue weighted by Crippen LogP contribution is 2.36. The molecule has 2 heterocycles. The van der Waals surface area contributed by atoms with Crippen LogP contribution < -0.4 is 9.64 Å². The molecule has 2 saturated heterocycles. The number of ether oxygens (including phenoxy) is 2. The molecular formula is C19H26F3N2O2. The quantitative estimate of drug-likeness (QED) is 0.753. The molecule has 0 bridgehead atoms. The van der Waals surface area contributed by atoms with Crippen molar-refractivity contribution in [2.45, 2.75) is 45.2 Å². The molecule has 0 N–H and O–H groups in total. The molecule has 1 aromatic carbocycles. The van der Waals surface area contributed by atoms with Crippen molar-refractivity contribution in [1.82, 2.24) is 4.90 Å². The fourth-order valence-electron chi connectivity index (χ4n) is 3.98. The summed E-state index contributed by atoms with van der Waals surface area (Å²) < 4.78 is 48.1. The highest BCUT2D eigenvalue weighted by molar-refractivity contribution is 5.57. The van der Waals surface area contributed by atoms with Gasteiger partial charge in [0.2, 0.25) is 0 Å². The minimum absolute atomic E-state index is 0.121. The summed E-state index contributed by atoms with van der Waals surface area (Å²) in [6.45, 7) is 6.19. The van der Waals surface area contributed by atoms with Crippen LogP contribution in [-0.4, -0.2) is 50.3 Å². The van der Waals surface area contributed by atoms with Gasteiger partial charge in [-0.15, -0.1) is 13.2 Å². The molecule has 26 heavy (non-hydrogen) atoms. The lowest BCUT2D eigenvalue weighted by Gasteiger charge is -2.40. The number of alkyl halides is 3. The topological polar surface area (TPSA) is 24.9 Å². The largest absolute Gasteiger partial charge is 0.573 e. The van der Waals surface area contributed by atoms with Gasteiger partial charge < -0.3 is 14.4 Å². The van der Waals surface area contributed by atoms with Crippen LogP contribution in [0.2, 0.25) is 0 Å². The van der Waals surface area contributed by atoms with Crippen molar-refractivity contribution in [2.75, 3.05) is 37.7 Å². The molecule has 0 spiro atoms. The Bertz CT molecular complexity index is 568. The summed E-state index contributed by atoms with van der Waals surface area (Å²) in [5.74, 6) is 0.222. The molecule has 1 radical (unpaired) electrons. The summed E-state index contributed by atoms with van der Waals surface area (Å²) in [5.41, 5.74) is 0.386. The number of nitrogens with zero attached hydrogens (tertiary/aromatic N) is 2. The predicted molar refractivity (Wildman–Crippen MR) is 93.1 cm³/mol. The molecule has 0 amide bonds. The normalized spacial score (nSPS) is 21.2. The molecule has 1 aromatic rings. The van der Waals surface area contributed by atoms with Crippen molar-refractivity contribution in [3.8, 4) is 5.75 Å². The van der Waals surface area contributed by atoms with E-state index in [0.29, 0.717) is 31.3 Å². The van der Waals surface area contributed by atoms with E-state index < -0.39 is 6.36 Å². The maximum Gasteiger partial charge on any atom is 0.573 e. The Kier molecular flexibility index (Phi) is 6.29. The van der Waals surface area contributed by atoms with E-state index in [0.717, 1.165) is 25.9 Å². The first-order valence-electron chi connectivity index (χ1n) is 9.35. The molecule has 2 fully saturated rings. The number of rotatable bonds is 6. The number of hydrogen-bond acceptors (Lipinski definition) is 4. The number of piperidine rings is 1. The summed E-state index contributed by atoms with van der Waals surface area (Å²) in [7, 11) is 0.